The van der Waals surface area contributed by atoms with E-state index in [1.807, 2.05) is 0 Å². The first-order valence-electron chi connectivity index (χ1n) is 6.60. The topological polar surface area (TPSA) is 47.9 Å². The number of hydrogen-bond donors (Lipinski definition) is 1. The van der Waals surface area contributed by atoms with Gasteiger partial charge >= 0.3 is 6.36 Å². The highest BCUT2D eigenvalue weighted by atomic mass is 19.4. The summed E-state index contributed by atoms with van der Waals surface area (Å²) < 4.78 is 50.3. The molecule has 112 valence electrons. The standard InChI is InChI=1S/C12H19F3O4/c13-12(14,15)19-9-5-8(6-9)18-7-10(16)11-3-1-2-4-17-11/h8-11,16H,1-7H2. The van der Waals surface area contributed by atoms with Crippen molar-refractivity contribution >= 4 is 0 Å². The van der Waals surface area contributed by atoms with Crippen molar-refractivity contribution < 1.29 is 32.5 Å². The van der Waals surface area contributed by atoms with Crippen LogP contribution in [0.2, 0.25) is 0 Å². The number of aliphatic hydroxyl groups excluding tert-OH is 1. The highest BCUT2D eigenvalue weighted by molar-refractivity contribution is 4.82. The molecule has 0 spiro atoms. The highest BCUT2D eigenvalue weighted by Crippen LogP contribution is 2.32. The van der Waals surface area contributed by atoms with Gasteiger partial charge in [0.25, 0.3) is 0 Å². The van der Waals surface area contributed by atoms with Crippen LogP contribution in [-0.4, -0.2) is 49.1 Å². The largest absolute Gasteiger partial charge is 0.522 e. The third-order valence-corrected chi connectivity index (χ3v) is 3.50. The summed E-state index contributed by atoms with van der Waals surface area (Å²) in [6, 6.07) is 0. The molecule has 1 aliphatic carbocycles. The smallest absolute Gasteiger partial charge is 0.388 e. The minimum atomic E-state index is -4.58. The van der Waals surface area contributed by atoms with E-state index < -0.39 is 18.6 Å². The molecular formula is C12H19F3O4. The fraction of sp³-hybridized carbons (Fsp3) is 1.00. The van der Waals surface area contributed by atoms with E-state index in [-0.39, 0.29) is 31.7 Å². The van der Waals surface area contributed by atoms with E-state index in [9.17, 15) is 18.3 Å². The van der Waals surface area contributed by atoms with Gasteiger partial charge < -0.3 is 14.6 Å². The van der Waals surface area contributed by atoms with Crippen LogP contribution < -0.4 is 0 Å². The second-order valence-electron chi connectivity index (χ2n) is 5.08. The molecule has 2 unspecified atom stereocenters. The Bertz CT molecular complexity index is 273. The van der Waals surface area contributed by atoms with E-state index in [1.165, 1.54) is 0 Å². The Hall–Kier alpha value is -0.370. The highest BCUT2D eigenvalue weighted by Gasteiger charge is 2.40. The minimum absolute atomic E-state index is 0.105. The van der Waals surface area contributed by atoms with Gasteiger partial charge in [0, 0.05) is 19.4 Å². The Morgan fingerprint density at radius 3 is 2.53 bits per heavy atom. The van der Waals surface area contributed by atoms with E-state index in [4.69, 9.17) is 9.47 Å². The number of ether oxygens (including phenoxy) is 3. The summed E-state index contributed by atoms with van der Waals surface area (Å²) in [5.41, 5.74) is 0. The second-order valence-corrected chi connectivity index (χ2v) is 5.08. The molecule has 4 nitrogen and oxygen atoms in total. The molecule has 1 aliphatic heterocycles. The van der Waals surface area contributed by atoms with E-state index in [0.29, 0.717) is 6.61 Å². The number of halogens is 3. The lowest BCUT2D eigenvalue weighted by molar-refractivity contribution is -0.357. The molecule has 7 heteroatoms. The summed E-state index contributed by atoms with van der Waals surface area (Å²) in [7, 11) is 0. The molecule has 1 saturated carbocycles. The predicted molar refractivity (Wildman–Crippen MR) is 59.5 cm³/mol. The van der Waals surface area contributed by atoms with Crippen LogP contribution in [-0.2, 0) is 14.2 Å². The van der Waals surface area contributed by atoms with Crippen molar-refractivity contribution in [1.29, 1.82) is 0 Å². The van der Waals surface area contributed by atoms with Crippen LogP contribution in [0.5, 0.6) is 0 Å². The normalized spacial score (nSPS) is 33.8. The second kappa shape index (κ2) is 6.39. The molecule has 2 aliphatic rings. The van der Waals surface area contributed by atoms with E-state index in [2.05, 4.69) is 4.74 Å². The van der Waals surface area contributed by atoms with Crippen molar-refractivity contribution in [2.45, 2.75) is 62.9 Å². The van der Waals surface area contributed by atoms with Crippen LogP contribution in [0.4, 0.5) is 13.2 Å². The van der Waals surface area contributed by atoms with Gasteiger partial charge in [-0.15, -0.1) is 13.2 Å². The lowest BCUT2D eigenvalue weighted by Gasteiger charge is -2.36. The molecule has 0 amide bonds. The van der Waals surface area contributed by atoms with E-state index in [1.54, 1.807) is 0 Å². The van der Waals surface area contributed by atoms with Gasteiger partial charge in [-0.2, -0.15) is 0 Å². The van der Waals surface area contributed by atoms with Crippen molar-refractivity contribution in [3.8, 4) is 0 Å². The number of aliphatic hydroxyl groups is 1. The summed E-state index contributed by atoms with van der Waals surface area (Å²) in [5, 5.41) is 9.83. The quantitative estimate of drug-likeness (QED) is 0.839. The third-order valence-electron chi connectivity index (χ3n) is 3.50. The van der Waals surface area contributed by atoms with Gasteiger partial charge in [0.1, 0.15) is 6.10 Å². The molecule has 0 aromatic rings. The van der Waals surface area contributed by atoms with Gasteiger partial charge in [-0.1, -0.05) is 0 Å². The summed E-state index contributed by atoms with van der Waals surface area (Å²) in [4.78, 5) is 0. The molecule has 2 fully saturated rings. The van der Waals surface area contributed by atoms with Gasteiger partial charge in [-0.25, -0.2) is 0 Å². The van der Waals surface area contributed by atoms with Crippen LogP contribution in [0, 0.1) is 0 Å². The zero-order valence-electron chi connectivity index (χ0n) is 10.6. The number of alkyl halides is 3. The Morgan fingerprint density at radius 2 is 1.95 bits per heavy atom. The molecule has 0 bridgehead atoms. The Kier molecular flexibility index (Phi) is 5.05. The molecule has 2 rings (SSSR count). The number of rotatable bonds is 5. The van der Waals surface area contributed by atoms with Gasteiger partial charge in [-0.05, 0) is 19.3 Å². The zero-order chi connectivity index (χ0) is 13.9. The van der Waals surface area contributed by atoms with E-state index >= 15 is 0 Å². The van der Waals surface area contributed by atoms with Crippen LogP contribution in [0.3, 0.4) is 0 Å². The molecule has 1 heterocycles. The SMILES string of the molecule is OC(COC1CC(OC(F)(F)F)C1)C1CCCCO1. The molecule has 2 atom stereocenters. The van der Waals surface area contributed by atoms with Gasteiger partial charge in [0.2, 0.25) is 0 Å². The molecule has 0 aromatic carbocycles. The molecule has 19 heavy (non-hydrogen) atoms. The maximum absolute atomic E-state index is 11.9. The van der Waals surface area contributed by atoms with Crippen molar-refractivity contribution in [3.05, 3.63) is 0 Å². The third kappa shape index (κ3) is 4.91. The summed E-state index contributed by atoms with van der Waals surface area (Å²) in [5.74, 6) is 0. The van der Waals surface area contributed by atoms with Crippen LogP contribution in [0.25, 0.3) is 0 Å². The molecular weight excluding hydrogens is 265 g/mol. The Morgan fingerprint density at radius 1 is 1.21 bits per heavy atom. The van der Waals surface area contributed by atoms with Crippen LogP contribution in [0.15, 0.2) is 0 Å². The lowest BCUT2D eigenvalue weighted by atomic mass is 9.92. The molecule has 1 saturated heterocycles. The van der Waals surface area contributed by atoms with Crippen molar-refractivity contribution in [3.63, 3.8) is 0 Å². The predicted octanol–water partition coefficient (Wildman–Crippen LogP) is 2.00. The van der Waals surface area contributed by atoms with Crippen LogP contribution >= 0.6 is 0 Å². The van der Waals surface area contributed by atoms with E-state index in [0.717, 1.165) is 19.3 Å². The summed E-state index contributed by atoms with van der Waals surface area (Å²) in [6.07, 6.45) is -3.30. The Labute approximate surface area is 109 Å². The van der Waals surface area contributed by atoms with Gasteiger partial charge in [-0.3, -0.25) is 4.74 Å². The fourth-order valence-corrected chi connectivity index (χ4v) is 2.35. The first-order valence-corrected chi connectivity index (χ1v) is 6.60. The number of hydrogen-bond acceptors (Lipinski definition) is 4. The Balaban J connectivity index is 1.57. The van der Waals surface area contributed by atoms with Gasteiger partial charge in [0.15, 0.2) is 0 Å². The summed E-state index contributed by atoms with van der Waals surface area (Å²) in [6.45, 7) is 0.751. The summed E-state index contributed by atoms with van der Waals surface area (Å²) >= 11 is 0. The lowest BCUT2D eigenvalue weighted by Crippen LogP contribution is -2.43. The van der Waals surface area contributed by atoms with Crippen molar-refractivity contribution in [2.75, 3.05) is 13.2 Å². The van der Waals surface area contributed by atoms with Gasteiger partial charge in [0.05, 0.1) is 24.9 Å². The minimum Gasteiger partial charge on any atom is -0.388 e. The monoisotopic (exact) mass is 284 g/mol. The fourth-order valence-electron chi connectivity index (χ4n) is 2.35. The van der Waals surface area contributed by atoms with Crippen molar-refractivity contribution in [2.24, 2.45) is 0 Å². The average Bonchev–Trinajstić information content (AvgIpc) is 2.31. The average molecular weight is 284 g/mol. The van der Waals surface area contributed by atoms with Crippen LogP contribution in [0.1, 0.15) is 32.1 Å². The first kappa shape index (κ1) is 15.0. The maximum Gasteiger partial charge on any atom is 0.522 e. The molecule has 0 radical (unpaired) electrons. The molecule has 0 aromatic heterocycles. The zero-order valence-corrected chi connectivity index (χ0v) is 10.6. The molecule has 1 N–H and O–H groups in total. The first-order chi connectivity index (χ1) is 8.94. The van der Waals surface area contributed by atoms with Crippen molar-refractivity contribution in [1.82, 2.24) is 0 Å². The maximum atomic E-state index is 11.9.